The predicted octanol–water partition coefficient (Wildman–Crippen LogP) is 2.59. The molecule has 0 radical (unpaired) electrons. The summed E-state index contributed by atoms with van der Waals surface area (Å²) < 4.78 is 1.23. The van der Waals surface area contributed by atoms with E-state index in [9.17, 15) is 9.59 Å². The Hall–Kier alpha value is -2.95. The zero-order chi connectivity index (χ0) is 17.2. The molecule has 3 aromatic rings. The summed E-state index contributed by atoms with van der Waals surface area (Å²) in [6.07, 6.45) is 4.65. The van der Waals surface area contributed by atoms with E-state index in [1.165, 1.54) is 15.8 Å². The van der Waals surface area contributed by atoms with Crippen molar-refractivity contribution in [3.63, 3.8) is 0 Å². The van der Waals surface area contributed by atoms with E-state index < -0.39 is 0 Å². The zero-order valence-corrected chi connectivity index (χ0v) is 13.8. The van der Waals surface area contributed by atoms with Crippen LogP contribution in [0.5, 0.6) is 0 Å². The number of rotatable bonds is 3. The molecule has 5 nitrogen and oxygen atoms in total. The second-order valence-electron chi connectivity index (χ2n) is 6.41. The van der Waals surface area contributed by atoms with Gasteiger partial charge in [0.15, 0.2) is 0 Å². The molecule has 1 heterocycles. The summed E-state index contributed by atoms with van der Waals surface area (Å²) in [6, 6.07) is 15.5. The molecule has 2 aromatic carbocycles. The van der Waals surface area contributed by atoms with Gasteiger partial charge in [-0.15, -0.1) is 0 Å². The van der Waals surface area contributed by atoms with Crippen molar-refractivity contribution in [3.05, 3.63) is 76.2 Å². The van der Waals surface area contributed by atoms with Gasteiger partial charge < -0.3 is 5.32 Å². The van der Waals surface area contributed by atoms with E-state index in [1.54, 1.807) is 12.3 Å². The molecular weight excluding hydrogens is 314 g/mol. The van der Waals surface area contributed by atoms with E-state index in [-0.39, 0.29) is 24.1 Å². The summed E-state index contributed by atoms with van der Waals surface area (Å²) >= 11 is 0. The number of carbonyl (C=O) groups excluding carboxylic acids is 1. The molecule has 0 spiro atoms. The van der Waals surface area contributed by atoms with Crippen LogP contribution < -0.4 is 10.9 Å². The number of carbonyl (C=O) groups is 1. The Balaban J connectivity index is 1.54. The van der Waals surface area contributed by atoms with E-state index >= 15 is 0 Å². The van der Waals surface area contributed by atoms with Crippen molar-refractivity contribution in [2.24, 2.45) is 0 Å². The normalized spacial score (nSPS) is 16.4. The highest BCUT2D eigenvalue weighted by Crippen LogP contribution is 2.29. The summed E-state index contributed by atoms with van der Waals surface area (Å²) in [6.45, 7) is -0.0671. The first-order valence-corrected chi connectivity index (χ1v) is 8.54. The Kier molecular flexibility index (Phi) is 4.06. The molecule has 0 fully saturated rings. The van der Waals surface area contributed by atoms with Crippen molar-refractivity contribution in [2.45, 2.75) is 31.8 Å². The summed E-state index contributed by atoms with van der Waals surface area (Å²) in [5, 5.41) is 8.55. The molecule has 25 heavy (non-hydrogen) atoms. The van der Waals surface area contributed by atoms with Gasteiger partial charge in [0.2, 0.25) is 5.91 Å². The van der Waals surface area contributed by atoms with Gasteiger partial charge in [-0.25, -0.2) is 4.68 Å². The molecule has 0 aliphatic heterocycles. The Morgan fingerprint density at radius 1 is 1.16 bits per heavy atom. The fourth-order valence-electron chi connectivity index (χ4n) is 3.52. The van der Waals surface area contributed by atoms with Crippen LogP contribution in [0.15, 0.2) is 59.5 Å². The number of hydrogen-bond acceptors (Lipinski definition) is 3. The number of hydrogen-bond donors (Lipinski definition) is 1. The van der Waals surface area contributed by atoms with Crippen molar-refractivity contribution in [1.82, 2.24) is 15.1 Å². The first kappa shape index (κ1) is 15.6. The minimum absolute atomic E-state index is 0.00797. The van der Waals surface area contributed by atoms with Crippen molar-refractivity contribution in [1.29, 1.82) is 0 Å². The minimum Gasteiger partial charge on any atom is -0.348 e. The molecule has 0 saturated heterocycles. The van der Waals surface area contributed by atoms with Gasteiger partial charge in [0.25, 0.3) is 5.56 Å². The van der Waals surface area contributed by atoms with Crippen LogP contribution in [0.4, 0.5) is 0 Å². The average Bonchev–Trinajstić information content (AvgIpc) is 2.65. The highest BCUT2D eigenvalue weighted by molar-refractivity contribution is 5.81. The lowest BCUT2D eigenvalue weighted by atomic mass is 9.88. The van der Waals surface area contributed by atoms with Crippen LogP contribution in [0.3, 0.4) is 0 Å². The molecule has 0 bridgehead atoms. The molecule has 1 atom stereocenters. The maximum atomic E-state index is 12.5. The first-order valence-electron chi connectivity index (χ1n) is 8.54. The monoisotopic (exact) mass is 333 g/mol. The van der Waals surface area contributed by atoms with Crippen molar-refractivity contribution < 1.29 is 4.79 Å². The highest BCUT2D eigenvalue weighted by atomic mass is 16.2. The van der Waals surface area contributed by atoms with Gasteiger partial charge in [0, 0.05) is 5.39 Å². The summed E-state index contributed by atoms with van der Waals surface area (Å²) in [5.74, 6) is -0.188. The van der Waals surface area contributed by atoms with Crippen LogP contribution >= 0.6 is 0 Å². The number of nitrogens with zero attached hydrogens (tertiary/aromatic N) is 2. The third kappa shape index (κ3) is 3.05. The van der Waals surface area contributed by atoms with Crippen LogP contribution in [-0.4, -0.2) is 15.7 Å². The van der Waals surface area contributed by atoms with Gasteiger partial charge >= 0.3 is 0 Å². The lowest BCUT2D eigenvalue weighted by Gasteiger charge is -2.26. The summed E-state index contributed by atoms with van der Waals surface area (Å²) in [4.78, 5) is 24.9. The molecule has 126 valence electrons. The predicted molar refractivity (Wildman–Crippen MR) is 96.3 cm³/mol. The Labute approximate surface area is 145 Å². The van der Waals surface area contributed by atoms with Crippen LogP contribution in [0, 0.1) is 0 Å². The summed E-state index contributed by atoms with van der Waals surface area (Å²) in [7, 11) is 0. The molecule has 0 saturated carbocycles. The minimum atomic E-state index is -0.239. The summed E-state index contributed by atoms with van der Waals surface area (Å²) in [5.41, 5.74) is 2.23. The van der Waals surface area contributed by atoms with Crippen molar-refractivity contribution in [2.75, 3.05) is 0 Å². The number of amides is 1. The van der Waals surface area contributed by atoms with Gasteiger partial charge in [-0.3, -0.25) is 9.59 Å². The smallest absolute Gasteiger partial charge is 0.275 e. The molecular formula is C20H19N3O2. The number of nitrogens with one attached hydrogen (secondary N) is 1. The van der Waals surface area contributed by atoms with Crippen molar-refractivity contribution in [3.8, 4) is 0 Å². The maximum Gasteiger partial charge on any atom is 0.275 e. The largest absolute Gasteiger partial charge is 0.348 e. The van der Waals surface area contributed by atoms with Crippen LogP contribution in [0.1, 0.15) is 30.0 Å². The fourth-order valence-corrected chi connectivity index (χ4v) is 3.52. The number of benzene rings is 2. The van der Waals surface area contributed by atoms with E-state index in [2.05, 4.69) is 22.5 Å². The maximum absolute atomic E-state index is 12.5. The molecule has 1 N–H and O–H groups in total. The third-order valence-electron chi connectivity index (χ3n) is 4.76. The van der Waals surface area contributed by atoms with E-state index in [1.807, 2.05) is 30.3 Å². The second kappa shape index (κ2) is 6.51. The standard InChI is InChI=1S/C20H19N3O2/c24-19(22-18-11-5-8-14-6-1-3-9-16(14)18)13-23-20(25)17-10-4-2-7-15(17)12-21-23/h1-4,6-7,9-10,12,18H,5,8,11,13H2,(H,22,24). The van der Waals surface area contributed by atoms with Gasteiger partial charge in [-0.05, 0) is 36.5 Å². The second-order valence-corrected chi connectivity index (χ2v) is 6.41. The van der Waals surface area contributed by atoms with Gasteiger partial charge in [0.05, 0.1) is 17.6 Å². The van der Waals surface area contributed by atoms with Gasteiger partial charge in [-0.2, -0.15) is 5.10 Å². The average molecular weight is 333 g/mol. The highest BCUT2D eigenvalue weighted by Gasteiger charge is 2.21. The molecule has 1 aromatic heterocycles. The number of aryl methyl sites for hydroxylation is 1. The van der Waals surface area contributed by atoms with Gasteiger partial charge in [-0.1, -0.05) is 42.5 Å². The van der Waals surface area contributed by atoms with E-state index in [0.29, 0.717) is 5.39 Å². The molecule has 4 rings (SSSR count). The lowest BCUT2D eigenvalue weighted by Crippen LogP contribution is -2.36. The first-order chi connectivity index (χ1) is 12.2. The Morgan fingerprint density at radius 2 is 1.96 bits per heavy atom. The molecule has 1 amide bonds. The van der Waals surface area contributed by atoms with Gasteiger partial charge in [0.1, 0.15) is 6.54 Å². The van der Waals surface area contributed by atoms with Crippen molar-refractivity contribution >= 4 is 16.7 Å². The molecule has 1 unspecified atom stereocenters. The number of aromatic nitrogens is 2. The molecule has 5 heteroatoms. The zero-order valence-electron chi connectivity index (χ0n) is 13.8. The Morgan fingerprint density at radius 3 is 2.88 bits per heavy atom. The fraction of sp³-hybridized carbons (Fsp3) is 0.250. The van der Waals surface area contributed by atoms with Crippen LogP contribution in [0.25, 0.3) is 10.8 Å². The SMILES string of the molecule is O=C(Cn1ncc2ccccc2c1=O)NC1CCCc2ccccc21. The van der Waals surface area contributed by atoms with E-state index in [0.717, 1.165) is 24.6 Å². The topological polar surface area (TPSA) is 64.0 Å². The molecule has 1 aliphatic carbocycles. The third-order valence-corrected chi connectivity index (χ3v) is 4.76. The Bertz CT molecular complexity index is 993. The quantitative estimate of drug-likeness (QED) is 0.801. The molecule has 1 aliphatic rings. The number of fused-ring (bicyclic) bond motifs is 2. The van der Waals surface area contributed by atoms with E-state index in [4.69, 9.17) is 0 Å². The lowest BCUT2D eigenvalue weighted by molar-refractivity contribution is -0.122. The van der Waals surface area contributed by atoms with Crippen LogP contribution in [-0.2, 0) is 17.8 Å². The van der Waals surface area contributed by atoms with Crippen LogP contribution in [0.2, 0.25) is 0 Å².